The Bertz CT molecular complexity index is 818. The third-order valence-electron chi connectivity index (χ3n) is 6.88. The number of piperidine rings is 1. The number of aromatic nitrogens is 3. The first-order chi connectivity index (χ1) is 15.3. The number of hydrogen-bond acceptors (Lipinski definition) is 4. The maximum Gasteiger partial charge on any atom is 0.191 e. The van der Waals surface area contributed by atoms with E-state index in [1.807, 2.05) is 11.7 Å². The first-order valence-corrected chi connectivity index (χ1v) is 11.9. The molecule has 0 bridgehead atoms. The number of benzene rings is 1. The Morgan fingerprint density at radius 1 is 1.03 bits per heavy atom. The molecule has 2 aliphatic rings. The number of likely N-dealkylation sites (tertiary alicyclic amines) is 1. The fourth-order valence-electron chi connectivity index (χ4n) is 5.18. The first-order valence-electron chi connectivity index (χ1n) is 11.9. The van der Waals surface area contributed by atoms with Crippen LogP contribution in [0.25, 0.3) is 0 Å². The lowest BCUT2D eigenvalue weighted by Gasteiger charge is -2.48. The lowest BCUT2D eigenvalue weighted by atomic mass is 9.79. The predicted octanol–water partition coefficient (Wildman–Crippen LogP) is 3.18. The highest BCUT2D eigenvalue weighted by Crippen LogP contribution is 2.35. The van der Waals surface area contributed by atoms with Gasteiger partial charge in [-0.15, -0.1) is 0 Å². The number of aliphatic imine (C=N–C) groups is 1. The van der Waals surface area contributed by atoms with Gasteiger partial charge in [0.05, 0.1) is 6.54 Å². The maximum atomic E-state index is 4.50. The Balaban J connectivity index is 1.33. The SMILES string of the molecule is CN=C(NCc1cccc(Cn2cncn2)c1)NCC1(N2CCCCC2)CCCCC1. The number of nitrogens with one attached hydrogen (secondary N) is 2. The predicted molar refractivity (Wildman–Crippen MR) is 125 cm³/mol. The maximum absolute atomic E-state index is 4.50. The van der Waals surface area contributed by atoms with E-state index in [1.165, 1.54) is 75.6 Å². The average Bonchev–Trinajstić information content (AvgIpc) is 3.34. The minimum atomic E-state index is 0.300. The molecule has 2 heterocycles. The summed E-state index contributed by atoms with van der Waals surface area (Å²) in [6, 6.07) is 8.61. The van der Waals surface area contributed by atoms with Gasteiger partial charge in [-0.2, -0.15) is 5.10 Å². The first kappa shape index (κ1) is 21.8. The summed E-state index contributed by atoms with van der Waals surface area (Å²) in [6.45, 7) is 4.98. The fraction of sp³-hybridized carbons (Fsp3) is 0.625. The molecule has 7 nitrogen and oxygen atoms in total. The summed E-state index contributed by atoms with van der Waals surface area (Å²) < 4.78 is 1.84. The van der Waals surface area contributed by atoms with E-state index in [0.717, 1.165) is 25.6 Å². The summed E-state index contributed by atoms with van der Waals surface area (Å²) >= 11 is 0. The summed E-state index contributed by atoms with van der Waals surface area (Å²) in [5.74, 6) is 0.892. The molecule has 1 aromatic heterocycles. The van der Waals surface area contributed by atoms with Gasteiger partial charge in [0.1, 0.15) is 12.7 Å². The van der Waals surface area contributed by atoms with Crippen LogP contribution in [0, 0.1) is 0 Å². The van der Waals surface area contributed by atoms with Crippen LogP contribution in [0.5, 0.6) is 0 Å². The zero-order valence-electron chi connectivity index (χ0n) is 18.9. The summed E-state index contributed by atoms with van der Waals surface area (Å²) in [5.41, 5.74) is 2.76. The van der Waals surface area contributed by atoms with Crippen LogP contribution >= 0.6 is 0 Å². The van der Waals surface area contributed by atoms with E-state index in [-0.39, 0.29) is 0 Å². The van der Waals surface area contributed by atoms with Crippen molar-refractivity contribution in [3.8, 4) is 0 Å². The van der Waals surface area contributed by atoms with Crippen LogP contribution in [0.15, 0.2) is 41.9 Å². The van der Waals surface area contributed by atoms with Crippen LogP contribution in [-0.4, -0.2) is 57.8 Å². The second-order valence-electron chi connectivity index (χ2n) is 9.03. The van der Waals surface area contributed by atoms with Crippen molar-refractivity contribution in [2.45, 2.75) is 70.0 Å². The number of guanidine groups is 1. The van der Waals surface area contributed by atoms with E-state index in [4.69, 9.17) is 0 Å². The van der Waals surface area contributed by atoms with Gasteiger partial charge in [-0.25, -0.2) is 9.67 Å². The molecule has 7 heteroatoms. The molecule has 1 aromatic carbocycles. The Kier molecular flexibility index (Phi) is 7.57. The molecule has 0 atom stereocenters. The number of nitrogens with zero attached hydrogens (tertiary/aromatic N) is 5. The van der Waals surface area contributed by atoms with E-state index >= 15 is 0 Å². The topological polar surface area (TPSA) is 70.4 Å². The molecule has 2 aromatic rings. The average molecular weight is 424 g/mol. The van der Waals surface area contributed by atoms with Gasteiger partial charge < -0.3 is 10.6 Å². The highest BCUT2D eigenvalue weighted by atomic mass is 15.3. The molecule has 168 valence electrons. The van der Waals surface area contributed by atoms with E-state index in [9.17, 15) is 0 Å². The molecule has 0 radical (unpaired) electrons. The molecule has 1 saturated carbocycles. The highest BCUT2D eigenvalue weighted by molar-refractivity contribution is 5.79. The smallest absolute Gasteiger partial charge is 0.191 e. The van der Waals surface area contributed by atoms with Crippen LogP contribution in [0.2, 0.25) is 0 Å². The quantitative estimate of drug-likeness (QED) is 0.529. The molecule has 0 amide bonds. The van der Waals surface area contributed by atoms with E-state index < -0.39 is 0 Å². The largest absolute Gasteiger partial charge is 0.355 e. The number of rotatable bonds is 7. The molecule has 1 aliphatic carbocycles. The van der Waals surface area contributed by atoms with Gasteiger partial charge in [0, 0.05) is 25.7 Å². The molecular formula is C24H37N7. The summed E-state index contributed by atoms with van der Waals surface area (Å²) in [4.78, 5) is 11.3. The van der Waals surface area contributed by atoms with Crippen molar-refractivity contribution in [3.63, 3.8) is 0 Å². The van der Waals surface area contributed by atoms with Gasteiger partial charge in [-0.1, -0.05) is 49.9 Å². The van der Waals surface area contributed by atoms with Gasteiger partial charge in [0.2, 0.25) is 0 Å². The van der Waals surface area contributed by atoms with Crippen molar-refractivity contribution in [2.24, 2.45) is 4.99 Å². The molecule has 4 rings (SSSR count). The highest BCUT2D eigenvalue weighted by Gasteiger charge is 2.38. The van der Waals surface area contributed by atoms with Crippen LogP contribution in [0.3, 0.4) is 0 Å². The molecule has 1 aliphatic heterocycles. The van der Waals surface area contributed by atoms with Gasteiger partial charge in [-0.3, -0.25) is 9.89 Å². The van der Waals surface area contributed by atoms with Gasteiger partial charge in [0.25, 0.3) is 0 Å². The molecular weight excluding hydrogens is 386 g/mol. The zero-order chi connectivity index (χ0) is 21.4. The second-order valence-corrected chi connectivity index (χ2v) is 9.03. The minimum Gasteiger partial charge on any atom is -0.355 e. The van der Waals surface area contributed by atoms with Crippen molar-refractivity contribution in [2.75, 3.05) is 26.7 Å². The zero-order valence-corrected chi connectivity index (χ0v) is 18.9. The second kappa shape index (κ2) is 10.8. The van der Waals surface area contributed by atoms with Crippen molar-refractivity contribution >= 4 is 5.96 Å². The van der Waals surface area contributed by atoms with Gasteiger partial charge >= 0.3 is 0 Å². The van der Waals surface area contributed by atoms with Crippen molar-refractivity contribution < 1.29 is 0 Å². The van der Waals surface area contributed by atoms with Crippen molar-refractivity contribution in [3.05, 3.63) is 48.0 Å². The molecule has 1 saturated heterocycles. The van der Waals surface area contributed by atoms with E-state index in [2.05, 4.69) is 54.9 Å². The van der Waals surface area contributed by atoms with Crippen LogP contribution in [-0.2, 0) is 13.1 Å². The Morgan fingerprint density at radius 3 is 2.55 bits per heavy atom. The van der Waals surface area contributed by atoms with Crippen molar-refractivity contribution in [1.29, 1.82) is 0 Å². The lowest BCUT2D eigenvalue weighted by Crippen LogP contribution is -2.59. The van der Waals surface area contributed by atoms with Crippen LogP contribution in [0.1, 0.15) is 62.5 Å². The third kappa shape index (κ3) is 5.85. The molecule has 0 unspecified atom stereocenters. The van der Waals surface area contributed by atoms with Crippen LogP contribution in [0.4, 0.5) is 0 Å². The fourth-order valence-corrected chi connectivity index (χ4v) is 5.18. The Hall–Kier alpha value is -2.41. The van der Waals surface area contributed by atoms with E-state index in [0.29, 0.717) is 5.54 Å². The molecule has 31 heavy (non-hydrogen) atoms. The number of hydrogen-bond donors (Lipinski definition) is 2. The van der Waals surface area contributed by atoms with E-state index in [1.54, 1.807) is 12.7 Å². The molecule has 2 fully saturated rings. The summed E-state index contributed by atoms with van der Waals surface area (Å²) in [5, 5.41) is 11.4. The Labute approximate surface area is 186 Å². The monoisotopic (exact) mass is 423 g/mol. The van der Waals surface area contributed by atoms with Gasteiger partial charge in [-0.05, 0) is 49.9 Å². The Morgan fingerprint density at radius 2 is 1.81 bits per heavy atom. The minimum absolute atomic E-state index is 0.300. The standard InChI is InChI=1S/C24H37N7/c1-25-23(27-16-21-9-8-10-22(15-21)17-31-20-26-19-29-31)28-18-24(11-4-2-5-12-24)30-13-6-3-7-14-30/h8-10,15,19-20H,2-7,11-14,16-18H2,1H3,(H2,25,27,28). The summed E-state index contributed by atoms with van der Waals surface area (Å²) in [7, 11) is 1.87. The molecule has 2 N–H and O–H groups in total. The third-order valence-corrected chi connectivity index (χ3v) is 6.88. The van der Waals surface area contributed by atoms with Crippen molar-refractivity contribution in [1.82, 2.24) is 30.3 Å². The lowest BCUT2D eigenvalue weighted by molar-refractivity contribution is 0.0368. The summed E-state index contributed by atoms with van der Waals surface area (Å²) in [6.07, 6.45) is 14.1. The molecule has 0 spiro atoms. The van der Waals surface area contributed by atoms with Gasteiger partial charge in [0.15, 0.2) is 5.96 Å². The van der Waals surface area contributed by atoms with Crippen LogP contribution < -0.4 is 10.6 Å². The normalized spacial score (nSPS) is 19.8.